The molecule has 7 aliphatic carbocycles. The highest BCUT2D eigenvalue weighted by Crippen LogP contribution is 2.68. The quantitative estimate of drug-likeness (QED) is 0.292. The molecule has 1 heteroatoms. The fourth-order valence-electron chi connectivity index (χ4n) is 11.5. The smallest absolute Gasteiger partial charge is 0.0554 e. The Kier molecular flexibility index (Phi) is 6.14. The van der Waals surface area contributed by atoms with Crippen molar-refractivity contribution in [3.63, 3.8) is 0 Å². The highest BCUT2D eigenvalue weighted by Gasteiger charge is 2.61. The van der Waals surface area contributed by atoms with Crippen molar-refractivity contribution in [2.75, 3.05) is 0 Å². The lowest BCUT2D eigenvalue weighted by Crippen LogP contribution is -2.45. The molecular formula is C40H58Si. The van der Waals surface area contributed by atoms with Crippen LogP contribution in [0.1, 0.15) is 93.9 Å². The summed E-state index contributed by atoms with van der Waals surface area (Å²) in [5.74, 6) is 4.27. The molecule has 0 amide bonds. The second kappa shape index (κ2) is 8.86. The van der Waals surface area contributed by atoms with Crippen molar-refractivity contribution in [2.24, 2.45) is 57.2 Å². The van der Waals surface area contributed by atoms with Gasteiger partial charge in [0.2, 0.25) is 0 Å². The summed E-state index contributed by atoms with van der Waals surface area (Å²) in [7, 11) is -1.67. The summed E-state index contributed by atoms with van der Waals surface area (Å²) in [5, 5.41) is 0. The van der Waals surface area contributed by atoms with Gasteiger partial charge in [-0.1, -0.05) is 124 Å². The van der Waals surface area contributed by atoms with Crippen molar-refractivity contribution >= 4 is 8.07 Å². The van der Waals surface area contributed by atoms with E-state index in [0.717, 1.165) is 22.9 Å². The molecule has 0 N–H and O–H groups in total. The van der Waals surface area contributed by atoms with Crippen LogP contribution in [0, 0.1) is 57.2 Å². The molecule has 7 atom stereocenters. The van der Waals surface area contributed by atoms with E-state index < -0.39 is 8.07 Å². The van der Waals surface area contributed by atoms with Crippen molar-refractivity contribution in [3.05, 3.63) is 70.9 Å². The third-order valence-corrected chi connectivity index (χ3v) is 19.3. The Bertz CT molecular complexity index is 1240. The minimum Gasteiger partial charge on any atom is -0.0808 e. The first kappa shape index (κ1) is 28.4. The van der Waals surface area contributed by atoms with Crippen LogP contribution in [0.2, 0.25) is 24.2 Å². The van der Waals surface area contributed by atoms with Gasteiger partial charge in [0.05, 0.1) is 8.07 Å². The Morgan fingerprint density at radius 3 is 1.34 bits per heavy atom. The Balaban J connectivity index is 1.40. The van der Waals surface area contributed by atoms with E-state index in [1.807, 2.05) is 0 Å². The summed E-state index contributed by atoms with van der Waals surface area (Å²) in [6.07, 6.45) is 29.6. The number of hydrogen-bond donors (Lipinski definition) is 0. The third-order valence-electron chi connectivity index (χ3n) is 14.2. The normalized spacial score (nSPS) is 42.5. The molecular weight excluding hydrogens is 509 g/mol. The van der Waals surface area contributed by atoms with Crippen molar-refractivity contribution < 1.29 is 0 Å². The average molecular weight is 567 g/mol. The molecule has 0 radical (unpaired) electrons. The second-order valence-electron chi connectivity index (χ2n) is 18.7. The molecule has 0 nitrogen and oxygen atoms in total. The van der Waals surface area contributed by atoms with Crippen LogP contribution in [0.15, 0.2) is 70.9 Å². The zero-order valence-electron chi connectivity index (χ0n) is 28.0. The minimum atomic E-state index is -1.67. The second-order valence-corrected chi connectivity index (χ2v) is 23.8. The SMILES string of the molecule is CC1(C)CCC(C)(C)C2=CC3C(C=C21)C1C=C2C(=CC1C3[Si](C)(C)C1CCC3C=CC=CC31)C(C)(C)CCC2(C)C. The van der Waals surface area contributed by atoms with E-state index in [1.165, 1.54) is 38.5 Å². The van der Waals surface area contributed by atoms with E-state index in [-0.39, 0.29) is 0 Å². The average Bonchev–Trinajstić information content (AvgIpc) is 3.48. The van der Waals surface area contributed by atoms with Crippen LogP contribution in [-0.2, 0) is 0 Å². The lowest BCUT2D eigenvalue weighted by molar-refractivity contribution is 0.244. The minimum absolute atomic E-state index is 0.291. The third kappa shape index (κ3) is 4.09. The summed E-state index contributed by atoms with van der Waals surface area (Å²) >= 11 is 0. The maximum absolute atomic E-state index is 2.93. The lowest BCUT2D eigenvalue weighted by Gasteiger charge is -2.49. The van der Waals surface area contributed by atoms with Crippen molar-refractivity contribution in [3.8, 4) is 0 Å². The molecule has 0 bridgehead atoms. The van der Waals surface area contributed by atoms with E-state index in [0.29, 0.717) is 45.3 Å². The standard InChI is InChI=1S/C40H58Si/c1-37(2)17-19-39(5,6)33-23-29-27(21-31(33)37)28-22-32-34(40(7,8)20-18-38(32,3)4)24-30(28)36(29)41(9,10)35-16-15-25-13-11-12-14-26(25)35/h11-14,21-30,35-36H,15-20H2,1-10H3. The molecule has 0 aromatic carbocycles. The van der Waals surface area contributed by atoms with Crippen LogP contribution in [0.3, 0.4) is 0 Å². The largest absolute Gasteiger partial charge is 0.0808 e. The molecule has 7 rings (SSSR count). The molecule has 0 aromatic heterocycles. The van der Waals surface area contributed by atoms with Crippen LogP contribution >= 0.6 is 0 Å². The molecule has 0 aliphatic heterocycles. The predicted molar refractivity (Wildman–Crippen MR) is 179 cm³/mol. The van der Waals surface area contributed by atoms with Gasteiger partial charge in [-0.25, -0.2) is 0 Å². The molecule has 4 fully saturated rings. The molecule has 0 heterocycles. The first-order chi connectivity index (χ1) is 19.0. The molecule has 222 valence electrons. The highest BCUT2D eigenvalue weighted by atomic mass is 28.3. The summed E-state index contributed by atoms with van der Waals surface area (Å²) in [6.45, 7) is 26.0. The van der Waals surface area contributed by atoms with Crippen molar-refractivity contribution in [2.45, 2.75) is 118 Å². The zero-order valence-corrected chi connectivity index (χ0v) is 29.0. The number of fused-ring (bicyclic) bond motifs is 6. The van der Waals surface area contributed by atoms with Gasteiger partial charge < -0.3 is 0 Å². The molecule has 7 unspecified atom stereocenters. The first-order valence-corrected chi connectivity index (χ1v) is 20.5. The first-order valence-electron chi connectivity index (χ1n) is 17.3. The number of hydrogen-bond acceptors (Lipinski definition) is 0. The van der Waals surface area contributed by atoms with Gasteiger partial charge in [-0.05, 0) is 123 Å². The van der Waals surface area contributed by atoms with E-state index in [9.17, 15) is 0 Å². The van der Waals surface area contributed by atoms with E-state index in [2.05, 4.69) is 117 Å². The van der Waals surface area contributed by atoms with Gasteiger partial charge in [-0.3, -0.25) is 0 Å². The summed E-state index contributed by atoms with van der Waals surface area (Å²) in [4.78, 5) is 0. The van der Waals surface area contributed by atoms with Gasteiger partial charge >= 0.3 is 0 Å². The van der Waals surface area contributed by atoms with Crippen LogP contribution in [0.25, 0.3) is 0 Å². The molecule has 0 spiro atoms. The van der Waals surface area contributed by atoms with Gasteiger partial charge in [0.25, 0.3) is 0 Å². The van der Waals surface area contributed by atoms with Crippen LogP contribution in [0.5, 0.6) is 0 Å². The Morgan fingerprint density at radius 2 is 0.902 bits per heavy atom. The number of rotatable bonds is 2. The Labute approximate surface area is 253 Å². The summed E-state index contributed by atoms with van der Waals surface area (Å²) < 4.78 is 0. The summed E-state index contributed by atoms with van der Waals surface area (Å²) in [6, 6.07) is 0. The topological polar surface area (TPSA) is 0 Å². The zero-order chi connectivity index (χ0) is 29.3. The predicted octanol–water partition coefficient (Wildman–Crippen LogP) is 11.5. The molecule has 0 aromatic rings. The van der Waals surface area contributed by atoms with Gasteiger partial charge in [-0.15, -0.1) is 0 Å². The van der Waals surface area contributed by atoms with E-state index >= 15 is 0 Å². The summed E-state index contributed by atoms with van der Waals surface area (Å²) in [5.41, 5.74) is 9.77. The molecule has 4 saturated carbocycles. The molecule has 0 saturated heterocycles. The van der Waals surface area contributed by atoms with E-state index in [1.54, 1.807) is 22.3 Å². The highest BCUT2D eigenvalue weighted by molar-refractivity contribution is 6.80. The maximum Gasteiger partial charge on any atom is 0.0554 e. The van der Waals surface area contributed by atoms with E-state index in [4.69, 9.17) is 0 Å². The van der Waals surface area contributed by atoms with Gasteiger partial charge in [0.1, 0.15) is 0 Å². The number of allylic oxidation sites excluding steroid dienone is 12. The molecule has 41 heavy (non-hydrogen) atoms. The van der Waals surface area contributed by atoms with Crippen LogP contribution in [0.4, 0.5) is 0 Å². The van der Waals surface area contributed by atoms with Gasteiger partial charge in [0.15, 0.2) is 0 Å². The molecule has 7 aliphatic rings. The monoisotopic (exact) mass is 566 g/mol. The lowest BCUT2D eigenvalue weighted by atomic mass is 9.56. The van der Waals surface area contributed by atoms with Crippen LogP contribution in [-0.4, -0.2) is 8.07 Å². The van der Waals surface area contributed by atoms with Crippen LogP contribution < -0.4 is 0 Å². The fourth-order valence-corrected chi connectivity index (χ4v) is 16.8. The van der Waals surface area contributed by atoms with Crippen molar-refractivity contribution in [1.29, 1.82) is 0 Å². The maximum atomic E-state index is 2.93. The Hall–Kier alpha value is -1.34. The van der Waals surface area contributed by atoms with Gasteiger partial charge in [-0.2, -0.15) is 0 Å². The Morgan fingerprint density at radius 1 is 0.512 bits per heavy atom. The van der Waals surface area contributed by atoms with Crippen molar-refractivity contribution in [1.82, 2.24) is 0 Å². The van der Waals surface area contributed by atoms with Gasteiger partial charge in [0, 0.05) is 0 Å². The fraction of sp³-hybridized carbons (Fsp3) is 0.700.